The molecule has 2 nitrogen and oxygen atoms in total. The molecule has 0 aliphatic rings. The molecule has 0 aliphatic carbocycles. The Balaban J connectivity index is 1.56. The minimum Gasteiger partial charge on any atom is -0.490 e. The Morgan fingerprint density at radius 2 is 1.27 bits per heavy atom. The molecule has 0 bridgehead atoms. The highest BCUT2D eigenvalue weighted by Crippen LogP contribution is 2.29. The maximum absolute atomic E-state index is 5.97. The van der Waals surface area contributed by atoms with Crippen LogP contribution in [0.15, 0.2) is 78.9 Å². The van der Waals surface area contributed by atoms with Crippen LogP contribution in [0.25, 0.3) is 11.1 Å². The van der Waals surface area contributed by atoms with Crippen LogP contribution in [-0.4, -0.2) is 13.2 Å². The summed E-state index contributed by atoms with van der Waals surface area (Å²) in [5.41, 5.74) is 3.71. The van der Waals surface area contributed by atoms with E-state index in [9.17, 15) is 0 Å². The molecule has 0 atom stereocenters. The van der Waals surface area contributed by atoms with Crippen molar-refractivity contribution in [2.24, 2.45) is 0 Å². The normalized spacial score (nSPS) is 11.2. The largest absolute Gasteiger partial charge is 0.490 e. The quantitative estimate of drug-likeness (QED) is 0.501. The maximum Gasteiger partial charge on any atom is 0.127 e. The summed E-state index contributed by atoms with van der Waals surface area (Å²) < 4.78 is 11.8. The number of para-hydroxylation sites is 1. The van der Waals surface area contributed by atoms with E-state index in [0.717, 1.165) is 22.6 Å². The fourth-order valence-electron chi connectivity index (χ4n) is 2.81. The van der Waals surface area contributed by atoms with Crippen molar-refractivity contribution in [1.29, 1.82) is 0 Å². The average Bonchev–Trinajstić information content (AvgIpc) is 2.66. The molecule has 0 heterocycles. The molecule has 2 heteroatoms. The van der Waals surface area contributed by atoms with Gasteiger partial charge in [-0.15, -0.1) is 0 Å². The molecule has 134 valence electrons. The van der Waals surface area contributed by atoms with Gasteiger partial charge in [0.25, 0.3) is 0 Å². The van der Waals surface area contributed by atoms with Gasteiger partial charge in [0.1, 0.15) is 24.7 Å². The summed E-state index contributed by atoms with van der Waals surface area (Å²) in [6.45, 7) is 7.64. The van der Waals surface area contributed by atoms with Gasteiger partial charge >= 0.3 is 0 Å². The van der Waals surface area contributed by atoms with Crippen molar-refractivity contribution in [3.05, 3.63) is 84.4 Å². The number of ether oxygens (including phenoxy) is 2. The molecule has 0 unspecified atom stereocenters. The molecule has 0 saturated carbocycles. The number of benzene rings is 3. The van der Waals surface area contributed by atoms with Crippen LogP contribution < -0.4 is 9.47 Å². The van der Waals surface area contributed by atoms with Crippen molar-refractivity contribution in [3.8, 4) is 22.6 Å². The molecular formula is C24H26O2. The topological polar surface area (TPSA) is 18.5 Å². The zero-order valence-electron chi connectivity index (χ0n) is 15.7. The van der Waals surface area contributed by atoms with Crippen LogP contribution in [-0.2, 0) is 5.41 Å². The van der Waals surface area contributed by atoms with Gasteiger partial charge in [-0.3, -0.25) is 0 Å². The number of hydrogen-bond donors (Lipinski definition) is 0. The van der Waals surface area contributed by atoms with E-state index in [4.69, 9.17) is 9.47 Å². The van der Waals surface area contributed by atoms with E-state index in [0.29, 0.717) is 13.2 Å². The zero-order valence-corrected chi connectivity index (χ0v) is 15.7. The standard InChI is InChI=1S/C24H26O2/c1-24(2,3)20-13-15-21(16-14-20)25-17-18-26-23-12-8-7-11-22(23)19-9-5-4-6-10-19/h4-16H,17-18H2,1-3H3. The highest BCUT2D eigenvalue weighted by molar-refractivity contribution is 5.70. The molecule has 0 spiro atoms. The fourth-order valence-corrected chi connectivity index (χ4v) is 2.81. The van der Waals surface area contributed by atoms with Crippen LogP contribution in [0.1, 0.15) is 26.3 Å². The van der Waals surface area contributed by atoms with Crippen LogP contribution in [0.5, 0.6) is 11.5 Å². The lowest BCUT2D eigenvalue weighted by atomic mass is 9.87. The molecule has 3 rings (SSSR count). The van der Waals surface area contributed by atoms with Crippen molar-refractivity contribution in [2.75, 3.05) is 13.2 Å². The summed E-state index contributed by atoms with van der Waals surface area (Å²) in [5.74, 6) is 1.75. The average molecular weight is 346 g/mol. The predicted molar refractivity (Wildman–Crippen MR) is 108 cm³/mol. The van der Waals surface area contributed by atoms with Gasteiger partial charge < -0.3 is 9.47 Å². The molecule has 0 N–H and O–H groups in total. The van der Waals surface area contributed by atoms with Crippen LogP contribution in [0.4, 0.5) is 0 Å². The molecule has 3 aromatic carbocycles. The Morgan fingerprint density at radius 1 is 0.654 bits per heavy atom. The second-order valence-electron chi connectivity index (χ2n) is 7.33. The summed E-state index contributed by atoms with van der Waals surface area (Å²) in [5, 5.41) is 0. The van der Waals surface area contributed by atoms with E-state index in [-0.39, 0.29) is 5.41 Å². The van der Waals surface area contributed by atoms with Gasteiger partial charge in [-0.25, -0.2) is 0 Å². The highest BCUT2D eigenvalue weighted by Gasteiger charge is 2.13. The molecule has 0 aromatic heterocycles. The van der Waals surface area contributed by atoms with Gasteiger partial charge in [0.2, 0.25) is 0 Å². The number of rotatable bonds is 6. The third-order valence-corrected chi connectivity index (χ3v) is 4.30. The summed E-state index contributed by atoms with van der Waals surface area (Å²) in [4.78, 5) is 0. The lowest BCUT2D eigenvalue weighted by Gasteiger charge is -2.19. The molecule has 0 saturated heterocycles. The maximum atomic E-state index is 5.97. The van der Waals surface area contributed by atoms with Crippen LogP contribution in [0.2, 0.25) is 0 Å². The van der Waals surface area contributed by atoms with Gasteiger partial charge in [0.15, 0.2) is 0 Å². The monoisotopic (exact) mass is 346 g/mol. The van der Waals surface area contributed by atoms with Crippen molar-refractivity contribution in [1.82, 2.24) is 0 Å². The first-order chi connectivity index (χ1) is 12.5. The van der Waals surface area contributed by atoms with E-state index < -0.39 is 0 Å². The Labute approximate surface area is 156 Å². The summed E-state index contributed by atoms with van der Waals surface area (Å²) in [7, 11) is 0. The summed E-state index contributed by atoms with van der Waals surface area (Å²) >= 11 is 0. The smallest absolute Gasteiger partial charge is 0.127 e. The minimum atomic E-state index is 0.156. The zero-order chi connectivity index (χ0) is 18.4. The van der Waals surface area contributed by atoms with E-state index >= 15 is 0 Å². The second-order valence-corrected chi connectivity index (χ2v) is 7.33. The minimum absolute atomic E-state index is 0.156. The first-order valence-corrected chi connectivity index (χ1v) is 9.04. The van der Waals surface area contributed by atoms with Gasteiger partial charge in [-0.05, 0) is 34.7 Å². The molecule has 0 amide bonds. The van der Waals surface area contributed by atoms with Crippen molar-refractivity contribution in [2.45, 2.75) is 26.2 Å². The summed E-state index contributed by atoms with van der Waals surface area (Å²) in [6.07, 6.45) is 0. The van der Waals surface area contributed by atoms with Crippen molar-refractivity contribution >= 4 is 0 Å². The Hall–Kier alpha value is -2.74. The predicted octanol–water partition coefficient (Wildman–Crippen LogP) is 6.11. The van der Waals surface area contributed by atoms with Crippen molar-refractivity contribution in [3.63, 3.8) is 0 Å². The lowest BCUT2D eigenvalue weighted by Crippen LogP contribution is -2.11. The number of hydrogen-bond acceptors (Lipinski definition) is 2. The van der Waals surface area contributed by atoms with E-state index in [2.05, 4.69) is 51.1 Å². The molecule has 0 fully saturated rings. The Morgan fingerprint density at radius 3 is 1.96 bits per heavy atom. The van der Waals surface area contributed by atoms with E-state index in [1.54, 1.807) is 0 Å². The van der Waals surface area contributed by atoms with E-state index in [1.807, 2.05) is 48.5 Å². The van der Waals surface area contributed by atoms with Crippen LogP contribution in [0, 0.1) is 0 Å². The van der Waals surface area contributed by atoms with Gasteiger partial charge in [-0.2, -0.15) is 0 Å². The highest BCUT2D eigenvalue weighted by atomic mass is 16.5. The lowest BCUT2D eigenvalue weighted by molar-refractivity contribution is 0.217. The molecule has 0 radical (unpaired) electrons. The van der Waals surface area contributed by atoms with Crippen LogP contribution >= 0.6 is 0 Å². The molecule has 3 aromatic rings. The SMILES string of the molecule is CC(C)(C)c1ccc(OCCOc2ccccc2-c2ccccc2)cc1. The summed E-state index contributed by atoms with van der Waals surface area (Å²) in [6, 6.07) is 26.7. The Bertz CT molecular complexity index is 815. The second kappa shape index (κ2) is 8.09. The van der Waals surface area contributed by atoms with Gasteiger partial charge in [0, 0.05) is 5.56 Å². The van der Waals surface area contributed by atoms with Crippen molar-refractivity contribution < 1.29 is 9.47 Å². The first kappa shape index (κ1) is 18.1. The van der Waals surface area contributed by atoms with Crippen LogP contribution in [0.3, 0.4) is 0 Å². The third-order valence-electron chi connectivity index (χ3n) is 4.30. The molecule has 26 heavy (non-hydrogen) atoms. The molecular weight excluding hydrogens is 320 g/mol. The first-order valence-electron chi connectivity index (χ1n) is 9.04. The third kappa shape index (κ3) is 4.66. The van der Waals surface area contributed by atoms with E-state index in [1.165, 1.54) is 5.56 Å². The molecule has 0 aliphatic heterocycles. The van der Waals surface area contributed by atoms with Gasteiger partial charge in [-0.1, -0.05) is 81.4 Å². The Kier molecular flexibility index (Phi) is 5.62. The fraction of sp³-hybridized carbons (Fsp3) is 0.250. The van der Waals surface area contributed by atoms with Gasteiger partial charge in [0.05, 0.1) is 0 Å².